The summed E-state index contributed by atoms with van der Waals surface area (Å²) in [7, 11) is 0. The second kappa shape index (κ2) is 7.29. The van der Waals surface area contributed by atoms with Crippen molar-refractivity contribution in [3.05, 3.63) is 34.1 Å². The average molecular weight is 296 g/mol. The minimum atomic E-state index is -0.797. The molecular formula is C13H20Cl2FNO. The van der Waals surface area contributed by atoms with Crippen LogP contribution in [-0.4, -0.2) is 11.2 Å². The Hall–Kier alpha value is -0.350. The molecule has 0 radical (unpaired) electrons. The third-order valence-electron chi connectivity index (χ3n) is 3.25. The van der Waals surface area contributed by atoms with E-state index in [9.17, 15) is 9.50 Å². The van der Waals surface area contributed by atoms with Gasteiger partial charge in [0.15, 0.2) is 0 Å². The van der Waals surface area contributed by atoms with Crippen LogP contribution in [0.5, 0.6) is 0 Å². The van der Waals surface area contributed by atoms with Crippen molar-refractivity contribution in [2.24, 2.45) is 11.7 Å². The Labute approximate surface area is 119 Å². The van der Waals surface area contributed by atoms with Gasteiger partial charge < -0.3 is 10.8 Å². The van der Waals surface area contributed by atoms with Gasteiger partial charge in [-0.1, -0.05) is 37.9 Å². The number of benzene rings is 1. The highest BCUT2D eigenvalue weighted by Gasteiger charge is 2.26. The van der Waals surface area contributed by atoms with Gasteiger partial charge in [-0.15, -0.1) is 12.4 Å². The SMILES string of the molecule is CCC(C)[C@H](O)[C@H](N)c1c(Cl)ccc(C)c1F.Cl. The Morgan fingerprint density at radius 3 is 2.50 bits per heavy atom. The lowest BCUT2D eigenvalue weighted by Crippen LogP contribution is -2.32. The van der Waals surface area contributed by atoms with E-state index in [1.165, 1.54) is 0 Å². The van der Waals surface area contributed by atoms with Gasteiger partial charge in [0.05, 0.1) is 12.1 Å². The highest BCUT2D eigenvalue weighted by Crippen LogP contribution is 2.31. The largest absolute Gasteiger partial charge is 0.391 e. The average Bonchev–Trinajstić information content (AvgIpc) is 2.32. The number of aliphatic hydroxyl groups is 1. The molecule has 2 nitrogen and oxygen atoms in total. The van der Waals surface area contributed by atoms with Crippen LogP contribution in [0.2, 0.25) is 5.02 Å². The third kappa shape index (κ3) is 3.58. The topological polar surface area (TPSA) is 46.2 Å². The molecule has 1 aromatic rings. The first-order chi connectivity index (χ1) is 7.90. The number of nitrogens with two attached hydrogens (primary N) is 1. The van der Waals surface area contributed by atoms with Crippen molar-refractivity contribution in [2.45, 2.75) is 39.3 Å². The summed E-state index contributed by atoms with van der Waals surface area (Å²) >= 11 is 5.96. The molecule has 0 aliphatic carbocycles. The highest BCUT2D eigenvalue weighted by atomic mass is 35.5. The standard InChI is InChI=1S/C13H19ClFNO.ClH/c1-4-7(2)13(17)12(16)10-9(14)6-5-8(3)11(10)15;/h5-7,12-13,17H,4,16H2,1-3H3;1H/t7?,12-,13+;/m1./s1. The van der Waals surface area contributed by atoms with Crippen LogP contribution in [0.4, 0.5) is 4.39 Å². The summed E-state index contributed by atoms with van der Waals surface area (Å²) in [4.78, 5) is 0. The van der Waals surface area contributed by atoms with Crippen LogP contribution in [0, 0.1) is 18.7 Å². The zero-order valence-corrected chi connectivity index (χ0v) is 12.4. The zero-order valence-electron chi connectivity index (χ0n) is 10.8. The van der Waals surface area contributed by atoms with Crippen LogP contribution in [0.25, 0.3) is 0 Å². The Balaban J connectivity index is 0.00000289. The number of aliphatic hydroxyl groups excluding tert-OH is 1. The fourth-order valence-electron chi connectivity index (χ4n) is 1.75. The van der Waals surface area contributed by atoms with Crippen molar-refractivity contribution in [3.63, 3.8) is 0 Å². The number of hydrogen-bond acceptors (Lipinski definition) is 2. The van der Waals surface area contributed by atoms with Gasteiger partial charge in [0.2, 0.25) is 0 Å². The molecule has 0 aliphatic rings. The van der Waals surface area contributed by atoms with E-state index in [4.69, 9.17) is 17.3 Å². The Morgan fingerprint density at radius 1 is 1.44 bits per heavy atom. The molecule has 0 aliphatic heterocycles. The van der Waals surface area contributed by atoms with E-state index < -0.39 is 18.0 Å². The van der Waals surface area contributed by atoms with Crippen LogP contribution in [-0.2, 0) is 0 Å². The van der Waals surface area contributed by atoms with Gasteiger partial charge in [-0.25, -0.2) is 4.39 Å². The first-order valence-corrected chi connectivity index (χ1v) is 6.16. The molecule has 0 heterocycles. The molecule has 0 saturated carbocycles. The molecule has 104 valence electrons. The lowest BCUT2D eigenvalue weighted by atomic mass is 9.90. The van der Waals surface area contributed by atoms with Crippen molar-refractivity contribution in [2.75, 3.05) is 0 Å². The summed E-state index contributed by atoms with van der Waals surface area (Å²) in [5.41, 5.74) is 6.60. The van der Waals surface area contributed by atoms with Crippen molar-refractivity contribution in [1.29, 1.82) is 0 Å². The summed E-state index contributed by atoms with van der Waals surface area (Å²) in [6, 6.07) is 2.42. The van der Waals surface area contributed by atoms with E-state index in [1.54, 1.807) is 19.1 Å². The summed E-state index contributed by atoms with van der Waals surface area (Å²) < 4.78 is 14.0. The van der Waals surface area contributed by atoms with Gasteiger partial charge >= 0.3 is 0 Å². The molecular weight excluding hydrogens is 276 g/mol. The second-order valence-electron chi connectivity index (χ2n) is 4.49. The van der Waals surface area contributed by atoms with E-state index in [1.807, 2.05) is 13.8 Å². The van der Waals surface area contributed by atoms with Gasteiger partial charge in [-0.2, -0.15) is 0 Å². The quantitative estimate of drug-likeness (QED) is 0.891. The van der Waals surface area contributed by atoms with Gasteiger partial charge in [0.25, 0.3) is 0 Å². The molecule has 3 atom stereocenters. The smallest absolute Gasteiger partial charge is 0.132 e. The third-order valence-corrected chi connectivity index (χ3v) is 3.58. The predicted molar refractivity (Wildman–Crippen MR) is 75.8 cm³/mol. The van der Waals surface area contributed by atoms with Crippen LogP contribution < -0.4 is 5.73 Å². The first kappa shape index (κ1) is 17.6. The summed E-state index contributed by atoms with van der Waals surface area (Å²) in [5.74, 6) is -0.423. The Bertz CT molecular complexity index is 401. The Kier molecular flexibility index (Phi) is 7.15. The fourth-order valence-corrected chi connectivity index (χ4v) is 2.02. The van der Waals surface area contributed by atoms with Gasteiger partial charge in [-0.05, 0) is 24.5 Å². The minimum absolute atomic E-state index is 0. The van der Waals surface area contributed by atoms with Crippen molar-refractivity contribution in [3.8, 4) is 0 Å². The van der Waals surface area contributed by atoms with Crippen molar-refractivity contribution >= 4 is 24.0 Å². The molecule has 0 fully saturated rings. The maximum Gasteiger partial charge on any atom is 0.132 e. The van der Waals surface area contributed by atoms with Gasteiger partial charge in [-0.3, -0.25) is 0 Å². The number of rotatable bonds is 4. The highest BCUT2D eigenvalue weighted by molar-refractivity contribution is 6.31. The molecule has 1 aromatic carbocycles. The Morgan fingerprint density at radius 2 is 2.00 bits per heavy atom. The summed E-state index contributed by atoms with van der Waals surface area (Å²) in [6.07, 6.45) is -0.0197. The maximum atomic E-state index is 14.0. The predicted octanol–water partition coefficient (Wildman–Crippen LogP) is 3.62. The number of halogens is 3. The molecule has 5 heteroatoms. The molecule has 0 spiro atoms. The molecule has 0 aromatic heterocycles. The first-order valence-electron chi connectivity index (χ1n) is 5.78. The van der Waals surface area contributed by atoms with Crippen molar-refractivity contribution < 1.29 is 9.50 Å². The molecule has 0 bridgehead atoms. The van der Waals surface area contributed by atoms with Gasteiger partial charge in [0, 0.05) is 10.6 Å². The molecule has 1 rings (SSSR count). The van der Waals surface area contributed by atoms with Crippen LogP contribution in [0.3, 0.4) is 0 Å². The lowest BCUT2D eigenvalue weighted by Gasteiger charge is -2.25. The zero-order chi connectivity index (χ0) is 13.2. The second-order valence-corrected chi connectivity index (χ2v) is 4.90. The maximum absolute atomic E-state index is 14.0. The number of aryl methyl sites for hydroxylation is 1. The number of hydrogen-bond donors (Lipinski definition) is 2. The molecule has 3 N–H and O–H groups in total. The monoisotopic (exact) mass is 295 g/mol. The van der Waals surface area contributed by atoms with Crippen molar-refractivity contribution in [1.82, 2.24) is 0 Å². The molecule has 18 heavy (non-hydrogen) atoms. The van der Waals surface area contributed by atoms with E-state index in [0.717, 1.165) is 6.42 Å². The van der Waals surface area contributed by atoms with E-state index in [2.05, 4.69) is 0 Å². The van der Waals surface area contributed by atoms with E-state index in [0.29, 0.717) is 5.56 Å². The normalized spacial score (nSPS) is 15.7. The minimum Gasteiger partial charge on any atom is -0.391 e. The lowest BCUT2D eigenvalue weighted by molar-refractivity contribution is 0.0867. The summed E-state index contributed by atoms with van der Waals surface area (Å²) in [5, 5.41) is 10.3. The van der Waals surface area contributed by atoms with E-state index >= 15 is 0 Å². The molecule has 0 amide bonds. The molecule has 1 unspecified atom stereocenters. The summed E-state index contributed by atoms with van der Waals surface area (Å²) in [6.45, 7) is 5.48. The van der Waals surface area contributed by atoms with Crippen LogP contribution >= 0.6 is 24.0 Å². The van der Waals surface area contributed by atoms with Crippen LogP contribution in [0.15, 0.2) is 12.1 Å². The van der Waals surface area contributed by atoms with E-state index in [-0.39, 0.29) is 28.9 Å². The van der Waals surface area contributed by atoms with Crippen LogP contribution in [0.1, 0.15) is 37.4 Å². The fraction of sp³-hybridized carbons (Fsp3) is 0.538. The van der Waals surface area contributed by atoms with Gasteiger partial charge in [0.1, 0.15) is 5.82 Å². The molecule has 0 saturated heterocycles.